The van der Waals surface area contributed by atoms with Crippen LogP contribution in [0.1, 0.15) is 34.1 Å². The number of hydrogen-bond acceptors (Lipinski definition) is 5. The van der Waals surface area contributed by atoms with Crippen molar-refractivity contribution in [1.29, 1.82) is 0 Å². The van der Waals surface area contributed by atoms with Gasteiger partial charge in [-0.15, -0.1) is 11.3 Å². The van der Waals surface area contributed by atoms with Crippen molar-refractivity contribution in [3.63, 3.8) is 0 Å². The minimum absolute atomic E-state index is 0.243. The van der Waals surface area contributed by atoms with Gasteiger partial charge in [-0.05, 0) is 26.3 Å². The fourth-order valence-electron chi connectivity index (χ4n) is 1.95. The molecule has 0 saturated heterocycles. The Balaban J connectivity index is 1.96. The van der Waals surface area contributed by atoms with E-state index in [2.05, 4.69) is 29.1 Å². The minimum Gasteiger partial charge on any atom is -0.481 e. The Hall–Kier alpha value is -1.46. The SMILES string of the molecule is COc1ccc(CNC(C)c2nc(C)sc2C)cn1. The lowest BCUT2D eigenvalue weighted by Crippen LogP contribution is -2.19. The summed E-state index contributed by atoms with van der Waals surface area (Å²) in [5, 5.41) is 4.59. The van der Waals surface area contributed by atoms with Crippen molar-refractivity contribution in [2.75, 3.05) is 7.11 Å². The average molecular weight is 277 g/mol. The summed E-state index contributed by atoms with van der Waals surface area (Å²) in [6.45, 7) is 7.07. The quantitative estimate of drug-likeness (QED) is 0.912. The molecule has 0 fully saturated rings. The molecule has 0 aliphatic rings. The van der Waals surface area contributed by atoms with Gasteiger partial charge in [0.15, 0.2) is 0 Å². The molecule has 0 amide bonds. The molecule has 2 aromatic heterocycles. The first-order valence-corrected chi connectivity index (χ1v) is 7.08. The summed E-state index contributed by atoms with van der Waals surface area (Å²) < 4.78 is 5.04. The smallest absolute Gasteiger partial charge is 0.212 e. The highest BCUT2D eigenvalue weighted by Crippen LogP contribution is 2.22. The van der Waals surface area contributed by atoms with E-state index in [1.807, 2.05) is 25.3 Å². The highest BCUT2D eigenvalue weighted by atomic mass is 32.1. The first-order valence-electron chi connectivity index (χ1n) is 6.26. The van der Waals surface area contributed by atoms with Crippen LogP contribution in [0.25, 0.3) is 0 Å². The van der Waals surface area contributed by atoms with E-state index in [1.165, 1.54) is 4.88 Å². The lowest BCUT2D eigenvalue weighted by molar-refractivity contribution is 0.397. The van der Waals surface area contributed by atoms with Gasteiger partial charge in [0.05, 0.1) is 17.8 Å². The molecular weight excluding hydrogens is 258 g/mol. The van der Waals surface area contributed by atoms with Gasteiger partial charge in [-0.1, -0.05) is 6.07 Å². The number of nitrogens with one attached hydrogen (secondary N) is 1. The van der Waals surface area contributed by atoms with Gasteiger partial charge in [0.25, 0.3) is 0 Å². The molecule has 0 aliphatic carbocycles. The molecule has 0 saturated carbocycles. The largest absolute Gasteiger partial charge is 0.481 e. The second-order valence-corrected chi connectivity index (χ2v) is 5.89. The molecule has 1 atom stereocenters. The molecule has 5 heteroatoms. The Kier molecular flexibility index (Phi) is 4.50. The van der Waals surface area contributed by atoms with E-state index in [0.29, 0.717) is 5.88 Å². The van der Waals surface area contributed by atoms with E-state index in [4.69, 9.17) is 4.74 Å². The van der Waals surface area contributed by atoms with Crippen molar-refractivity contribution >= 4 is 11.3 Å². The van der Waals surface area contributed by atoms with E-state index >= 15 is 0 Å². The number of methoxy groups -OCH3 is 1. The highest BCUT2D eigenvalue weighted by molar-refractivity contribution is 7.11. The summed E-state index contributed by atoms with van der Waals surface area (Å²) in [5.74, 6) is 0.641. The molecule has 2 rings (SSSR count). The lowest BCUT2D eigenvalue weighted by Gasteiger charge is -2.12. The van der Waals surface area contributed by atoms with E-state index in [0.717, 1.165) is 22.8 Å². The number of thiazole rings is 1. The first kappa shape index (κ1) is 14.0. The Morgan fingerprint density at radius 3 is 2.68 bits per heavy atom. The van der Waals surface area contributed by atoms with Crippen LogP contribution in [0.3, 0.4) is 0 Å². The molecule has 19 heavy (non-hydrogen) atoms. The second-order valence-electron chi connectivity index (χ2n) is 4.49. The zero-order valence-electron chi connectivity index (χ0n) is 11.7. The van der Waals surface area contributed by atoms with Gasteiger partial charge in [-0.2, -0.15) is 0 Å². The monoisotopic (exact) mass is 277 g/mol. The van der Waals surface area contributed by atoms with Crippen LogP contribution in [0.2, 0.25) is 0 Å². The zero-order chi connectivity index (χ0) is 13.8. The first-order chi connectivity index (χ1) is 9.10. The molecule has 0 spiro atoms. The molecule has 2 heterocycles. The van der Waals surface area contributed by atoms with Crippen molar-refractivity contribution in [2.45, 2.75) is 33.4 Å². The Morgan fingerprint density at radius 2 is 2.16 bits per heavy atom. The molecule has 1 unspecified atom stereocenters. The van der Waals surface area contributed by atoms with Crippen LogP contribution >= 0.6 is 11.3 Å². The molecule has 1 N–H and O–H groups in total. The fraction of sp³-hybridized carbons (Fsp3) is 0.429. The summed E-state index contributed by atoms with van der Waals surface area (Å²) in [6, 6.07) is 4.14. The number of aryl methyl sites for hydroxylation is 2. The topological polar surface area (TPSA) is 47.0 Å². The molecule has 102 valence electrons. The number of nitrogens with zero attached hydrogens (tertiary/aromatic N) is 2. The third-order valence-electron chi connectivity index (χ3n) is 2.97. The van der Waals surface area contributed by atoms with Crippen molar-refractivity contribution in [2.24, 2.45) is 0 Å². The van der Waals surface area contributed by atoms with E-state index in [1.54, 1.807) is 18.4 Å². The predicted molar refractivity (Wildman–Crippen MR) is 77.6 cm³/mol. The average Bonchev–Trinajstić information content (AvgIpc) is 2.75. The molecule has 4 nitrogen and oxygen atoms in total. The summed E-state index contributed by atoms with van der Waals surface area (Å²) in [5.41, 5.74) is 2.28. The zero-order valence-corrected chi connectivity index (χ0v) is 12.5. The minimum atomic E-state index is 0.243. The summed E-state index contributed by atoms with van der Waals surface area (Å²) in [6.07, 6.45) is 1.83. The fourth-order valence-corrected chi connectivity index (χ4v) is 2.86. The number of rotatable bonds is 5. The maximum absolute atomic E-state index is 5.04. The van der Waals surface area contributed by atoms with Crippen LogP contribution in [0.15, 0.2) is 18.3 Å². The summed E-state index contributed by atoms with van der Waals surface area (Å²) in [4.78, 5) is 10.0. The van der Waals surface area contributed by atoms with Gasteiger partial charge in [-0.25, -0.2) is 9.97 Å². The lowest BCUT2D eigenvalue weighted by atomic mass is 10.2. The molecule has 0 aromatic carbocycles. The number of aromatic nitrogens is 2. The maximum atomic E-state index is 5.04. The van der Waals surface area contributed by atoms with E-state index in [-0.39, 0.29) is 6.04 Å². The third kappa shape index (κ3) is 3.52. The van der Waals surface area contributed by atoms with Crippen molar-refractivity contribution < 1.29 is 4.74 Å². The summed E-state index contributed by atoms with van der Waals surface area (Å²) >= 11 is 1.74. The van der Waals surface area contributed by atoms with Gasteiger partial charge in [0.2, 0.25) is 5.88 Å². The van der Waals surface area contributed by atoms with Gasteiger partial charge in [0.1, 0.15) is 0 Å². The standard InChI is InChI=1S/C14H19N3OS/c1-9(14-10(2)19-11(3)17-14)15-7-12-5-6-13(18-4)16-8-12/h5-6,8-9,15H,7H2,1-4H3. The highest BCUT2D eigenvalue weighted by Gasteiger charge is 2.12. The van der Waals surface area contributed by atoms with Gasteiger partial charge in [-0.3, -0.25) is 0 Å². The van der Waals surface area contributed by atoms with Crippen LogP contribution in [-0.2, 0) is 6.54 Å². The predicted octanol–water partition coefficient (Wildman–Crippen LogP) is 3.01. The molecule has 0 aliphatic heterocycles. The van der Waals surface area contributed by atoms with E-state index in [9.17, 15) is 0 Å². The van der Waals surface area contributed by atoms with Crippen LogP contribution in [0.4, 0.5) is 0 Å². The third-order valence-corrected chi connectivity index (χ3v) is 3.87. The number of ether oxygens (including phenoxy) is 1. The Morgan fingerprint density at radius 1 is 1.37 bits per heavy atom. The summed E-state index contributed by atoms with van der Waals surface area (Å²) in [7, 11) is 1.62. The Labute approximate surface area is 117 Å². The molecule has 0 radical (unpaired) electrons. The molecular formula is C14H19N3OS. The van der Waals surface area contributed by atoms with Gasteiger partial charge >= 0.3 is 0 Å². The van der Waals surface area contributed by atoms with Crippen molar-refractivity contribution in [3.05, 3.63) is 39.5 Å². The molecule has 0 bridgehead atoms. The van der Waals surface area contributed by atoms with Gasteiger partial charge < -0.3 is 10.1 Å². The van der Waals surface area contributed by atoms with Crippen LogP contribution < -0.4 is 10.1 Å². The maximum Gasteiger partial charge on any atom is 0.212 e. The number of hydrogen-bond donors (Lipinski definition) is 1. The Bertz CT molecular complexity index is 536. The van der Waals surface area contributed by atoms with Crippen molar-refractivity contribution in [1.82, 2.24) is 15.3 Å². The van der Waals surface area contributed by atoms with E-state index < -0.39 is 0 Å². The van der Waals surface area contributed by atoms with Crippen molar-refractivity contribution in [3.8, 4) is 5.88 Å². The molecule has 2 aromatic rings. The van der Waals surface area contributed by atoms with Gasteiger partial charge in [0, 0.05) is 29.7 Å². The van der Waals surface area contributed by atoms with Crippen LogP contribution in [0, 0.1) is 13.8 Å². The normalized spacial score (nSPS) is 12.4. The van der Waals surface area contributed by atoms with Crippen LogP contribution in [0.5, 0.6) is 5.88 Å². The van der Waals surface area contributed by atoms with Crippen LogP contribution in [-0.4, -0.2) is 17.1 Å². The second kappa shape index (κ2) is 6.12. The number of pyridine rings is 1.